The first-order valence-corrected chi connectivity index (χ1v) is 12.9. The molecule has 2 aromatic carbocycles. The van der Waals surface area contributed by atoms with Crippen LogP contribution in [0.5, 0.6) is 0 Å². The summed E-state index contributed by atoms with van der Waals surface area (Å²) in [5.41, 5.74) is 1.81. The summed E-state index contributed by atoms with van der Waals surface area (Å²) in [5, 5.41) is -0.747. The van der Waals surface area contributed by atoms with Crippen LogP contribution >= 0.6 is 43.5 Å². The minimum absolute atomic E-state index is 0.140. The molecule has 32 heavy (non-hydrogen) atoms. The Morgan fingerprint density at radius 2 is 1.50 bits per heavy atom. The zero-order valence-corrected chi connectivity index (χ0v) is 22.0. The molecule has 0 atom stereocenters. The van der Waals surface area contributed by atoms with Gasteiger partial charge in [0.2, 0.25) is 10.3 Å². The van der Waals surface area contributed by atoms with E-state index >= 15 is 0 Å². The van der Waals surface area contributed by atoms with E-state index in [1.165, 1.54) is 18.5 Å². The number of rotatable bonds is 8. The molecule has 6 nitrogen and oxygen atoms in total. The van der Waals surface area contributed by atoms with E-state index < -0.39 is 27.1 Å². The fourth-order valence-electron chi connectivity index (χ4n) is 3.18. The predicted octanol–water partition coefficient (Wildman–Crippen LogP) is 5.72. The number of hydrogen-bond donors (Lipinski definition) is 0. The Labute approximate surface area is 208 Å². The molecule has 0 aliphatic carbocycles. The van der Waals surface area contributed by atoms with Gasteiger partial charge in [0.25, 0.3) is 10.0 Å². The van der Waals surface area contributed by atoms with E-state index in [9.17, 15) is 13.2 Å². The lowest BCUT2D eigenvalue weighted by molar-refractivity contribution is 0.0600. The summed E-state index contributed by atoms with van der Waals surface area (Å²) in [5.74, 6) is -0.774. The van der Waals surface area contributed by atoms with Crippen molar-refractivity contribution in [1.82, 2.24) is 4.31 Å². The van der Waals surface area contributed by atoms with Crippen LogP contribution in [0.3, 0.4) is 0 Å². The number of halogens is 3. The van der Waals surface area contributed by atoms with Gasteiger partial charge in [0.1, 0.15) is 5.56 Å². The maximum Gasteiger partial charge on any atom is 0.342 e. The van der Waals surface area contributed by atoms with Gasteiger partial charge in [-0.2, -0.15) is 4.31 Å². The second-order valence-corrected chi connectivity index (χ2v) is 11.2. The van der Waals surface area contributed by atoms with Crippen molar-refractivity contribution in [2.75, 3.05) is 14.2 Å². The largest absolute Gasteiger partial charge is 0.465 e. The molecule has 0 spiro atoms. The summed E-state index contributed by atoms with van der Waals surface area (Å²) in [6.45, 7) is 0. The highest BCUT2D eigenvalue weighted by atomic mass is 79.9. The Kier molecular flexibility index (Phi) is 8.21. The summed E-state index contributed by atoms with van der Waals surface area (Å²) in [6, 6.07) is 16.1. The van der Waals surface area contributed by atoms with E-state index in [1.54, 1.807) is 0 Å². The van der Waals surface area contributed by atoms with E-state index in [1.807, 2.05) is 48.5 Å². The predicted molar refractivity (Wildman–Crippen MR) is 129 cm³/mol. The number of carbonyl (C=O) groups is 1. The molecular weight excluding hydrogens is 586 g/mol. The molecule has 170 valence electrons. The second kappa shape index (κ2) is 10.5. The lowest BCUT2D eigenvalue weighted by Gasteiger charge is -2.27. The zero-order valence-electron chi connectivity index (χ0n) is 17.2. The van der Waals surface area contributed by atoms with Gasteiger partial charge in [-0.15, -0.1) is 0 Å². The molecule has 0 N–H and O–H groups in total. The standard InChI is InChI=1S/C22H20Br2ClNO5S/c1-26(32(28,29)20-13-19(21(25)31-20)22(27)30-2)18(11-14-3-7-16(23)8-4-14)12-15-5-9-17(24)10-6-15/h3-10,13,18H,11-12H2,1-2H3. The molecule has 3 rings (SSSR count). The number of nitrogens with zero attached hydrogens (tertiary/aromatic N) is 1. The van der Waals surface area contributed by atoms with Gasteiger partial charge in [0, 0.05) is 28.1 Å². The lowest BCUT2D eigenvalue weighted by atomic mass is 9.99. The minimum Gasteiger partial charge on any atom is -0.465 e. The highest BCUT2D eigenvalue weighted by Gasteiger charge is 2.33. The fourth-order valence-corrected chi connectivity index (χ4v) is 5.25. The number of benzene rings is 2. The summed E-state index contributed by atoms with van der Waals surface area (Å²) in [6.07, 6.45) is 0.939. The van der Waals surface area contributed by atoms with Crippen molar-refractivity contribution < 1.29 is 22.4 Å². The third-order valence-corrected chi connectivity index (χ3v) is 8.09. The van der Waals surface area contributed by atoms with Crippen LogP contribution in [-0.4, -0.2) is 38.9 Å². The molecule has 0 saturated carbocycles. The average molecular weight is 606 g/mol. The molecule has 0 fully saturated rings. The zero-order chi connectivity index (χ0) is 23.5. The van der Waals surface area contributed by atoms with Crippen molar-refractivity contribution in [2.24, 2.45) is 0 Å². The molecule has 0 bridgehead atoms. The van der Waals surface area contributed by atoms with Crippen molar-refractivity contribution in [3.8, 4) is 0 Å². The maximum absolute atomic E-state index is 13.3. The van der Waals surface area contributed by atoms with Gasteiger partial charge in [-0.05, 0) is 59.8 Å². The molecular formula is C22H20Br2ClNO5S. The molecule has 0 amide bonds. The Morgan fingerprint density at radius 3 is 1.94 bits per heavy atom. The smallest absolute Gasteiger partial charge is 0.342 e. The quantitative estimate of drug-likeness (QED) is 0.307. The van der Waals surface area contributed by atoms with Crippen LogP contribution in [0.2, 0.25) is 5.22 Å². The third-order valence-electron chi connectivity index (χ3n) is 4.99. The number of ether oxygens (including phenoxy) is 1. The van der Waals surface area contributed by atoms with Crippen LogP contribution in [0.4, 0.5) is 0 Å². The Balaban J connectivity index is 1.95. The summed E-state index contributed by atoms with van der Waals surface area (Å²) < 4.78 is 39.7. The van der Waals surface area contributed by atoms with Crippen molar-refractivity contribution >= 4 is 59.5 Å². The van der Waals surface area contributed by atoms with E-state index in [2.05, 4.69) is 36.6 Å². The van der Waals surface area contributed by atoms with Crippen LogP contribution < -0.4 is 0 Å². The SMILES string of the molecule is COC(=O)c1cc(S(=O)(=O)N(C)C(Cc2ccc(Br)cc2)Cc2ccc(Br)cc2)oc1Cl. The first-order valence-electron chi connectivity index (χ1n) is 9.46. The molecule has 0 saturated heterocycles. The first-order chi connectivity index (χ1) is 15.1. The Bertz CT molecular complexity index is 1150. The highest BCUT2D eigenvalue weighted by molar-refractivity contribution is 9.10. The van der Waals surface area contributed by atoms with Crippen LogP contribution in [0.25, 0.3) is 0 Å². The van der Waals surface area contributed by atoms with Gasteiger partial charge in [-0.25, -0.2) is 13.2 Å². The number of hydrogen-bond acceptors (Lipinski definition) is 5. The summed E-state index contributed by atoms with van der Waals surface area (Å²) in [7, 11) is -1.41. The van der Waals surface area contributed by atoms with Gasteiger partial charge >= 0.3 is 5.97 Å². The van der Waals surface area contributed by atoms with Crippen molar-refractivity contribution in [2.45, 2.75) is 24.0 Å². The van der Waals surface area contributed by atoms with E-state index in [4.69, 9.17) is 16.0 Å². The lowest BCUT2D eigenvalue weighted by Crippen LogP contribution is -2.39. The molecule has 0 radical (unpaired) electrons. The molecule has 1 aromatic heterocycles. The summed E-state index contributed by atoms with van der Waals surface area (Å²) >= 11 is 12.8. The van der Waals surface area contributed by atoms with Gasteiger partial charge < -0.3 is 9.15 Å². The summed E-state index contributed by atoms with van der Waals surface area (Å²) in [4.78, 5) is 11.8. The topological polar surface area (TPSA) is 76.8 Å². The normalized spacial score (nSPS) is 11.8. The fraction of sp³-hybridized carbons (Fsp3) is 0.227. The maximum atomic E-state index is 13.3. The highest BCUT2D eigenvalue weighted by Crippen LogP contribution is 2.29. The van der Waals surface area contributed by atoms with Crippen LogP contribution in [0.1, 0.15) is 21.5 Å². The van der Waals surface area contributed by atoms with E-state index in [0.717, 1.165) is 26.1 Å². The molecule has 0 aliphatic rings. The van der Waals surface area contributed by atoms with Crippen LogP contribution in [-0.2, 0) is 27.6 Å². The number of furan rings is 1. The molecule has 0 unspecified atom stereocenters. The van der Waals surface area contributed by atoms with E-state index in [0.29, 0.717) is 12.8 Å². The molecule has 1 heterocycles. The molecule has 3 aromatic rings. The first kappa shape index (κ1) is 25.0. The Morgan fingerprint density at radius 1 is 1.03 bits per heavy atom. The number of methoxy groups -OCH3 is 1. The van der Waals surface area contributed by atoms with Crippen molar-refractivity contribution in [3.05, 3.63) is 85.5 Å². The number of carbonyl (C=O) groups excluding carboxylic acids is 1. The number of sulfonamides is 1. The van der Waals surface area contributed by atoms with Crippen molar-refractivity contribution in [1.29, 1.82) is 0 Å². The van der Waals surface area contributed by atoms with Gasteiger partial charge in [0.15, 0.2) is 0 Å². The van der Waals surface area contributed by atoms with Crippen LogP contribution in [0.15, 0.2) is 73.1 Å². The van der Waals surface area contributed by atoms with Crippen molar-refractivity contribution in [3.63, 3.8) is 0 Å². The van der Waals surface area contributed by atoms with Gasteiger partial charge in [0.05, 0.1) is 7.11 Å². The third kappa shape index (κ3) is 5.82. The molecule has 10 heteroatoms. The number of esters is 1. The molecule has 0 aliphatic heterocycles. The number of likely N-dealkylation sites (N-methyl/N-ethyl adjacent to an activating group) is 1. The Hall–Kier alpha value is -1.65. The van der Waals surface area contributed by atoms with E-state index in [-0.39, 0.29) is 10.8 Å². The van der Waals surface area contributed by atoms with Crippen LogP contribution in [0, 0.1) is 0 Å². The van der Waals surface area contributed by atoms with Gasteiger partial charge in [-0.1, -0.05) is 56.1 Å². The second-order valence-electron chi connectivity index (χ2n) is 7.08. The van der Waals surface area contributed by atoms with Gasteiger partial charge in [-0.3, -0.25) is 0 Å². The monoisotopic (exact) mass is 603 g/mol. The minimum atomic E-state index is -4.08. The average Bonchev–Trinajstić information content (AvgIpc) is 3.17.